The number of benzene rings is 1. The maximum absolute atomic E-state index is 13.4. The Bertz CT molecular complexity index is 1410. The number of fused-ring (bicyclic) bond motifs is 1. The van der Waals surface area contributed by atoms with E-state index in [4.69, 9.17) is 11.5 Å². The molecular weight excluding hydrogens is 493 g/mol. The Balaban J connectivity index is 1.66. The monoisotopic (exact) mass is 516 g/mol. The molecule has 5 rings (SSSR count). The molecule has 0 spiro atoms. The number of carbonyl (C=O) groups excluding carboxylic acids is 2. The maximum Gasteiger partial charge on any atom is 0.416 e. The van der Waals surface area contributed by atoms with Crippen molar-refractivity contribution in [2.24, 2.45) is 16.9 Å². The highest BCUT2D eigenvalue weighted by Gasteiger charge is 2.51. The lowest BCUT2D eigenvalue weighted by Gasteiger charge is -2.45. The van der Waals surface area contributed by atoms with Gasteiger partial charge in [-0.3, -0.25) is 4.79 Å². The van der Waals surface area contributed by atoms with Crippen molar-refractivity contribution in [2.45, 2.75) is 31.9 Å². The zero-order valence-electron chi connectivity index (χ0n) is 19.2. The third kappa shape index (κ3) is 3.76. The maximum atomic E-state index is 13.4. The zero-order valence-corrected chi connectivity index (χ0v) is 20.1. The number of primary amides is 2. The molecule has 1 aliphatic heterocycles. The van der Waals surface area contributed by atoms with Crippen LogP contribution in [0.4, 0.5) is 18.0 Å². The number of allylic oxidation sites excluding steroid dienone is 2. The van der Waals surface area contributed by atoms with Gasteiger partial charge in [0.1, 0.15) is 5.51 Å². The van der Waals surface area contributed by atoms with Crippen LogP contribution in [-0.4, -0.2) is 44.5 Å². The summed E-state index contributed by atoms with van der Waals surface area (Å²) >= 11 is 1.35. The number of rotatable bonds is 4. The Morgan fingerprint density at radius 1 is 1.25 bits per heavy atom. The first kappa shape index (κ1) is 24.0. The third-order valence-electron chi connectivity index (χ3n) is 7.28. The fourth-order valence-electron chi connectivity index (χ4n) is 5.34. The van der Waals surface area contributed by atoms with Crippen molar-refractivity contribution in [1.29, 1.82) is 0 Å². The van der Waals surface area contributed by atoms with E-state index in [-0.39, 0.29) is 19.5 Å². The first-order chi connectivity index (χ1) is 17.0. The summed E-state index contributed by atoms with van der Waals surface area (Å²) in [7, 11) is 0. The second kappa shape index (κ2) is 8.47. The van der Waals surface area contributed by atoms with Crippen molar-refractivity contribution in [3.05, 3.63) is 70.0 Å². The number of alkyl halides is 3. The average molecular weight is 517 g/mol. The summed E-state index contributed by atoms with van der Waals surface area (Å²) in [5.41, 5.74) is 14.2. The number of hydrogen-bond acceptors (Lipinski definition) is 5. The van der Waals surface area contributed by atoms with Crippen LogP contribution in [0.15, 0.2) is 53.2 Å². The lowest BCUT2D eigenvalue weighted by molar-refractivity contribution is -0.137. The van der Waals surface area contributed by atoms with Gasteiger partial charge in [-0.2, -0.15) is 18.3 Å². The van der Waals surface area contributed by atoms with E-state index in [1.807, 2.05) is 6.92 Å². The molecule has 12 heteroatoms. The number of nitrogens with two attached hydrogens (primary N) is 2. The van der Waals surface area contributed by atoms with Crippen molar-refractivity contribution >= 4 is 33.8 Å². The summed E-state index contributed by atoms with van der Waals surface area (Å²) in [5.74, 6) is -1.10. The fourth-order valence-corrected chi connectivity index (χ4v) is 5.95. The highest BCUT2D eigenvalue weighted by atomic mass is 32.1. The molecule has 0 saturated carbocycles. The fraction of sp³-hybridized carbons (Fsp3) is 0.333. The smallest absolute Gasteiger partial charge is 0.369 e. The highest BCUT2D eigenvalue weighted by Crippen LogP contribution is 2.53. The van der Waals surface area contributed by atoms with E-state index in [0.717, 1.165) is 12.1 Å². The van der Waals surface area contributed by atoms with Gasteiger partial charge in [0.05, 0.1) is 22.9 Å². The molecule has 1 aliphatic carbocycles. The number of urea groups is 1. The molecule has 0 saturated heterocycles. The normalized spacial score (nSPS) is 21.3. The summed E-state index contributed by atoms with van der Waals surface area (Å²) in [6.07, 6.45) is -0.513. The van der Waals surface area contributed by atoms with Gasteiger partial charge in [0.2, 0.25) is 10.9 Å². The van der Waals surface area contributed by atoms with Crippen LogP contribution in [0.1, 0.15) is 42.5 Å². The molecule has 2 aliphatic rings. The first-order valence-corrected chi connectivity index (χ1v) is 12.1. The average Bonchev–Trinajstić information content (AvgIpc) is 3.44. The molecule has 1 aromatic carbocycles. The van der Waals surface area contributed by atoms with Gasteiger partial charge in [0.25, 0.3) is 0 Å². The van der Waals surface area contributed by atoms with Gasteiger partial charge in [0, 0.05) is 19.0 Å². The van der Waals surface area contributed by atoms with Crippen molar-refractivity contribution in [2.75, 3.05) is 13.1 Å². The van der Waals surface area contributed by atoms with Gasteiger partial charge in [-0.15, -0.1) is 0 Å². The van der Waals surface area contributed by atoms with E-state index in [0.29, 0.717) is 39.4 Å². The molecule has 0 fully saturated rings. The number of imidazole rings is 1. The van der Waals surface area contributed by atoms with Crippen molar-refractivity contribution in [3.63, 3.8) is 0 Å². The second-order valence-electron chi connectivity index (χ2n) is 9.06. The van der Waals surface area contributed by atoms with Gasteiger partial charge >= 0.3 is 12.2 Å². The van der Waals surface area contributed by atoms with Crippen molar-refractivity contribution < 1.29 is 22.8 Å². The molecule has 4 N–H and O–H groups in total. The standard InChI is InChI=1S/C24H23F3N6O2S/c1-13(19-11-33-22(31-19)36-12-30-33)23(20(28)34)7-5-16(14-3-2-4-15(9-14)24(25,26)27)17-6-8-32(21(29)35)10-18(17)23/h2-5,9,11-13H,6-8,10H2,1H3,(H2,28,34)(H2,29,35). The first-order valence-electron chi connectivity index (χ1n) is 11.3. The second-order valence-corrected chi connectivity index (χ2v) is 9.87. The molecule has 2 aromatic heterocycles. The number of hydrogen-bond donors (Lipinski definition) is 2. The van der Waals surface area contributed by atoms with Crippen molar-refractivity contribution in [1.82, 2.24) is 19.5 Å². The molecule has 188 valence electrons. The predicted molar refractivity (Wildman–Crippen MR) is 128 cm³/mol. The van der Waals surface area contributed by atoms with Crippen LogP contribution in [-0.2, 0) is 11.0 Å². The van der Waals surface area contributed by atoms with Gasteiger partial charge in [0.15, 0.2) is 0 Å². The molecule has 0 radical (unpaired) electrons. The van der Waals surface area contributed by atoms with Crippen LogP contribution in [0, 0.1) is 5.41 Å². The Morgan fingerprint density at radius 2 is 2.03 bits per heavy atom. The molecule has 2 unspecified atom stereocenters. The lowest BCUT2D eigenvalue weighted by atomic mass is 9.60. The van der Waals surface area contributed by atoms with Crippen molar-refractivity contribution in [3.8, 4) is 0 Å². The van der Waals surface area contributed by atoms with E-state index in [2.05, 4.69) is 10.1 Å². The molecule has 3 amide bonds. The molecule has 36 heavy (non-hydrogen) atoms. The largest absolute Gasteiger partial charge is 0.416 e. The minimum atomic E-state index is -4.49. The Kier molecular flexibility index (Phi) is 5.66. The minimum Gasteiger partial charge on any atom is -0.369 e. The number of carbonyl (C=O) groups is 2. The van der Waals surface area contributed by atoms with Crippen LogP contribution < -0.4 is 11.5 Å². The number of nitrogens with zero attached hydrogens (tertiary/aromatic N) is 4. The van der Waals surface area contributed by atoms with E-state index in [1.54, 1.807) is 28.4 Å². The molecule has 3 aromatic rings. The zero-order chi connectivity index (χ0) is 25.8. The minimum absolute atomic E-state index is 0.0503. The van der Waals surface area contributed by atoms with Gasteiger partial charge < -0.3 is 16.4 Å². The summed E-state index contributed by atoms with van der Waals surface area (Å²) < 4.78 is 41.9. The Hall–Kier alpha value is -3.67. The van der Waals surface area contributed by atoms with Crippen LogP contribution in [0.25, 0.3) is 10.5 Å². The number of aromatic nitrogens is 3. The van der Waals surface area contributed by atoms with E-state index >= 15 is 0 Å². The summed E-state index contributed by atoms with van der Waals surface area (Å²) in [4.78, 5) is 32.0. The van der Waals surface area contributed by atoms with Crippen LogP contribution >= 0.6 is 11.3 Å². The molecule has 0 bridgehead atoms. The van der Waals surface area contributed by atoms with Gasteiger partial charge in [-0.1, -0.05) is 36.5 Å². The van der Waals surface area contributed by atoms with E-state index in [9.17, 15) is 22.8 Å². The predicted octanol–water partition coefficient (Wildman–Crippen LogP) is 3.95. The van der Waals surface area contributed by atoms with Crippen LogP contribution in [0.5, 0.6) is 0 Å². The Morgan fingerprint density at radius 3 is 2.69 bits per heavy atom. The summed E-state index contributed by atoms with van der Waals surface area (Å²) in [6.45, 7) is 2.17. The summed E-state index contributed by atoms with van der Waals surface area (Å²) in [5, 5.41) is 4.20. The highest BCUT2D eigenvalue weighted by molar-refractivity contribution is 7.14. The number of halogens is 3. The molecular formula is C24H23F3N6O2S. The van der Waals surface area contributed by atoms with E-state index in [1.165, 1.54) is 22.3 Å². The lowest BCUT2D eigenvalue weighted by Crippen LogP contribution is -2.51. The Labute approximate surface area is 208 Å². The van der Waals surface area contributed by atoms with E-state index < -0.39 is 35.0 Å². The molecule has 2 atom stereocenters. The summed E-state index contributed by atoms with van der Waals surface area (Å²) in [6, 6.07) is 4.46. The van der Waals surface area contributed by atoms with Gasteiger partial charge in [-0.05, 0) is 47.3 Å². The van der Waals surface area contributed by atoms with Crippen LogP contribution in [0.2, 0.25) is 0 Å². The third-order valence-corrected chi connectivity index (χ3v) is 7.97. The number of amides is 3. The SMILES string of the molecule is CC(c1cn2ncsc2n1)C1(C(N)=O)CC=C(c2cccc(C(F)(F)F)c2)C2=C1CN(C(N)=O)CC2. The quantitative estimate of drug-likeness (QED) is 0.546. The molecule has 8 nitrogen and oxygen atoms in total. The topological polar surface area (TPSA) is 120 Å². The molecule has 3 heterocycles. The van der Waals surface area contributed by atoms with Crippen LogP contribution in [0.3, 0.4) is 0 Å². The van der Waals surface area contributed by atoms with Gasteiger partial charge in [-0.25, -0.2) is 14.3 Å².